The van der Waals surface area contributed by atoms with Gasteiger partial charge in [0.05, 0.1) is 28.8 Å². The Hall–Kier alpha value is -5.05. The summed E-state index contributed by atoms with van der Waals surface area (Å²) < 4.78 is 14.0. The van der Waals surface area contributed by atoms with Gasteiger partial charge in [-0.1, -0.05) is 25.3 Å². The Labute approximate surface area is 234 Å². The third-order valence-corrected chi connectivity index (χ3v) is 7.84. The minimum absolute atomic E-state index is 0.0656. The zero-order valence-corrected chi connectivity index (χ0v) is 22.1. The summed E-state index contributed by atoms with van der Waals surface area (Å²) in [6.45, 7) is 0. The fraction of sp³-hybridized carbons (Fsp3) is 0.188. The second-order valence-corrected chi connectivity index (χ2v) is 10.6. The Kier molecular flexibility index (Phi) is 6.19. The van der Waals surface area contributed by atoms with E-state index in [-0.39, 0.29) is 17.6 Å². The van der Waals surface area contributed by atoms with E-state index in [9.17, 15) is 14.3 Å². The standard InChI is InChI=1S/C32H27FN6O2/c33-22-10-20(12-24(40)14-22)30-26-15-29(37-27(26)8-9-35-30)31-25-13-19(6-7-28(25)38-39-31)21-11-23(17-34-16-21)36-32(41)18-4-2-1-3-5-18/h6-18,37,40H,1-5H2,(H,36,41)(H,38,39). The van der Waals surface area contributed by atoms with Gasteiger partial charge in [0.25, 0.3) is 0 Å². The summed E-state index contributed by atoms with van der Waals surface area (Å²) in [6.07, 6.45) is 10.4. The normalized spacial score (nSPS) is 14.1. The van der Waals surface area contributed by atoms with Crippen LogP contribution in [0.15, 0.2) is 73.2 Å². The fourth-order valence-corrected chi connectivity index (χ4v) is 5.80. The number of phenolic OH excluding ortho intramolecular Hbond substituents is 1. The molecular formula is C32H27FN6O2. The van der Waals surface area contributed by atoms with Gasteiger partial charge in [-0.05, 0) is 60.9 Å². The number of rotatable bonds is 5. The van der Waals surface area contributed by atoms with Crippen LogP contribution in [0.25, 0.3) is 55.6 Å². The molecule has 6 aromatic rings. The molecule has 4 N–H and O–H groups in total. The lowest BCUT2D eigenvalue weighted by Crippen LogP contribution is -2.24. The van der Waals surface area contributed by atoms with Crippen LogP contribution in [0.2, 0.25) is 0 Å². The number of H-pyrrole nitrogens is 2. The minimum Gasteiger partial charge on any atom is -0.508 e. The first-order chi connectivity index (χ1) is 20.0. The van der Waals surface area contributed by atoms with Crippen LogP contribution >= 0.6 is 0 Å². The van der Waals surface area contributed by atoms with Crippen molar-refractivity contribution in [3.05, 3.63) is 79.0 Å². The molecule has 4 aromatic heterocycles. The van der Waals surface area contributed by atoms with Crippen LogP contribution in [0.1, 0.15) is 32.1 Å². The maximum absolute atomic E-state index is 14.0. The smallest absolute Gasteiger partial charge is 0.227 e. The second-order valence-electron chi connectivity index (χ2n) is 10.6. The molecule has 2 aromatic carbocycles. The highest BCUT2D eigenvalue weighted by Crippen LogP contribution is 2.35. The summed E-state index contributed by atoms with van der Waals surface area (Å²) in [5.74, 6) is -0.562. The zero-order chi connectivity index (χ0) is 27.9. The predicted octanol–water partition coefficient (Wildman–Crippen LogP) is 7.20. The van der Waals surface area contributed by atoms with Crippen LogP contribution in [0.3, 0.4) is 0 Å². The number of aromatic hydroxyl groups is 1. The zero-order valence-electron chi connectivity index (χ0n) is 22.1. The van der Waals surface area contributed by atoms with Crippen molar-refractivity contribution in [2.45, 2.75) is 32.1 Å². The van der Waals surface area contributed by atoms with Crippen LogP contribution in [0.5, 0.6) is 5.75 Å². The molecule has 4 heterocycles. The van der Waals surface area contributed by atoms with Crippen molar-refractivity contribution in [3.8, 4) is 39.5 Å². The highest BCUT2D eigenvalue weighted by atomic mass is 19.1. The number of benzene rings is 2. The van der Waals surface area contributed by atoms with E-state index in [1.165, 1.54) is 18.6 Å². The summed E-state index contributed by atoms with van der Waals surface area (Å²) in [5.41, 5.74) is 6.71. The van der Waals surface area contributed by atoms with Gasteiger partial charge in [0.2, 0.25) is 5.91 Å². The molecule has 0 bridgehead atoms. The van der Waals surface area contributed by atoms with E-state index in [0.717, 1.165) is 76.1 Å². The number of pyridine rings is 2. The number of fused-ring (bicyclic) bond motifs is 2. The van der Waals surface area contributed by atoms with Gasteiger partial charge in [-0.2, -0.15) is 5.10 Å². The fourth-order valence-electron chi connectivity index (χ4n) is 5.80. The lowest BCUT2D eigenvalue weighted by molar-refractivity contribution is -0.120. The number of nitrogens with one attached hydrogen (secondary N) is 3. The molecule has 204 valence electrons. The number of aromatic nitrogens is 5. The van der Waals surface area contributed by atoms with Crippen molar-refractivity contribution >= 4 is 33.4 Å². The Morgan fingerprint density at radius 2 is 1.73 bits per heavy atom. The van der Waals surface area contributed by atoms with E-state index in [0.29, 0.717) is 16.9 Å². The van der Waals surface area contributed by atoms with Crippen molar-refractivity contribution in [2.75, 3.05) is 5.32 Å². The molecule has 0 spiro atoms. The van der Waals surface area contributed by atoms with Gasteiger partial charge in [0.15, 0.2) is 0 Å². The lowest BCUT2D eigenvalue weighted by Gasteiger charge is -2.20. The summed E-state index contributed by atoms with van der Waals surface area (Å²) in [5, 5.41) is 22.4. The number of aromatic amines is 2. The lowest BCUT2D eigenvalue weighted by atomic mass is 9.88. The maximum atomic E-state index is 14.0. The number of carbonyl (C=O) groups excluding carboxylic acids is 1. The second kappa shape index (κ2) is 10.2. The molecule has 0 unspecified atom stereocenters. The quantitative estimate of drug-likeness (QED) is 0.182. The summed E-state index contributed by atoms with van der Waals surface area (Å²) in [7, 11) is 0. The van der Waals surface area contributed by atoms with Gasteiger partial charge < -0.3 is 15.4 Å². The average Bonchev–Trinajstić information content (AvgIpc) is 3.61. The van der Waals surface area contributed by atoms with Crippen molar-refractivity contribution in [3.63, 3.8) is 0 Å². The number of phenols is 1. The number of anilines is 1. The molecule has 0 aliphatic heterocycles. The monoisotopic (exact) mass is 546 g/mol. The van der Waals surface area contributed by atoms with E-state index in [1.807, 2.05) is 36.4 Å². The summed E-state index contributed by atoms with van der Waals surface area (Å²) >= 11 is 0. The third kappa shape index (κ3) is 4.80. The summed E-state index contributed by atoms with van der Waals surface area (Å²) in [4.78, 5) is 25.1. The number of halogens is 1. The van der Waals surface area contributed by atoms with Gasteiger partial charge in [0.1, 0.15) is 17.3 Å². The van der Waals surface area contributed by atoms with E-state index in [2.05, 4.69) is 30.5 Å². The molecule has 1 aliphatic carbocycles. The molecule has 9 heteroatoms. The van der Waals surface area contributed by atoms with Crippen molar-refractivity contribution in [1.29, 1.82) is 0 Å². The largest absolute Gasteiger partial charge is 0.508 e. The molecule has 1 aliphatic rings. The molecule has 8 nitrogen and oxygen atoms in total. The first-order valence-electron chi connectivity index (χ1n) is 13.7. The topological polar surface area (TPSA) is 120 Å². The molecule has 0 saturated heterocycles. The Bertz CT molecular complexity index is 1900. The first-order valence-corrected chi connectivity index (χ1v) is 13.7. The number of hydrogen-bond donors (Lipinski definition) is 4. The summed E-state index contributed by atoms with van der Waals surface area (Å²) in [6, 6.07) is 15.7. The van der Waals surface area contributed by atoms with Gasteiger partial charge in [-0.25, -0.2) is 4.39 Å². The molecule has 1 fully saturated rings. The van der Waals surface area contributed by atoms with Crippen LogP contribution in [-0.4, -0.2) is 36.2 Å². The van der Waals surface area contributed by atoms with Crippen molar-refractivity contribution in [1.82, 2.24) is 25.1 Å². The SMILES string of the molecule is O=C(Nc1cncc(-c2ccc3[nH]nc(-c4cc5c(-c6cc(O)cc(F)c6)nccc5[nH]4)c3c2)c1)C1CCCCC1. The van der Waals surface area contributed by atoms with Crippen LogP contribution in [0, 0.1) is 11.7 Å². The number of carbonyl (C=O) groups is 1. The van der Waals surface area contributed by atoms with Gasteiger partial charge in [-0.3, -0.25) is 19.9 Å². The molecule has 0 radical (unpaired) electrons. The average molecular weight is 547 g/mol. The first kappa shape index (κ1) is 25.0. The number of amides is 1. The molecule has 1 amide bonds. The van der Waals surface area contributed by atoms with E-state index in [4.69, 9.17) is 0 Å². The molecule has 0 atom stereocenters. The van der Waals surface area contributed by atoms with Gasteiger partial charge >= 0.3 is 0 Å². The van der Waals surface area contributed by atoms with Gasteiger partial charge in [0, 0.05) is 51.8 Å². The van der Waals surface area contributed by atoms with E-state index in [1.54, 1.807) is 18.6 Å². The molecule has 41 heavy (non-hydrogen) atoms. The highest BCUT2D eigenvalue weighted by molar-refractivity contribution is 6.01. The Morgan fingerprint density at radius 3 is 2.59 bits per heavy atom. The molecule has 7 rings (SSSR count). The van der Waals surface area contributed by atoms with Crippen molar-refractivity contribution < 1.29 is 14.3 Å². The van der Waals surface area contributed by atoms with Crippen LogP contribution in [0.4, 0.5) is 10.1 Å². The Balaban J connectivity index is 1.23. The van der Waals surface area contributed by atoms with Crippen LogP contribution < -0.4 is 5.32 Å². The minimum atomic E-state index is -0.535. The number of hydrogen-bond acceptors (Lipinski definition) is 5. The molecular weight excluding hydrogens is 519 g/mol. The van der Waals surface area contributed by atoms with Crippen molar-refractivity contribution in [2.24, 2.45) is 5.92 Å². The number of nitrogens with zero attached hydrogens (tertiary/aromatic N) is 3. The van der Waals surface area contributed by atoms with E-state index >= 15 is 0 Å². The Morgan fingerprint density at radius 1 is 0.878 bits per heavy atom. The van der Waals surface area contributed by atoms with Crippen LogP contribution in [-0.2, 0) is 4.79 Å². The predicted molar refractivity (Wildman–Crippen MR) is 157 cm³/mol. The maximum Gasteiger partial charge on any atom is 0.227 e. The highest BCUT2D eigenvalue weighted by Gasteiger charge is 2.21. The third-order valence-electron chi connectivity index (χ3n) is 7.84. The molecule has 1 saturated carbocycles. The van der Waals surface area contributed by atoms with E-state index < -0.39 is 5.82 Å². The van der Waals surface area contributed by atoms with Gasteiger partial charge in [-0.15, -0.1) is 0 Å².